The molecule has 1 aromatic rings. The molecule has 1 fully saturated rings. The van der Waals surface area contributed by atoms with Crippen molar-refractivity contribution in [1.29, 1.82) is 0 Å². The van der Waals surface area contributed by atoms with Crippen LogP contribution in [0.1, 0.15) is 64.0 Å². The lowest BCUT2D eigenvalue weighted by Gasteiger charge is -2.34. The summed E-state index contributed by atoms with van der Waals surface area (Å²) in [4.78, 5) is 14.7. The first-order valence-corrected chi connectivity index (χ1v) is 9.36. The van der Waals surface area contributed by atoms with Gasteiger partial charge >= 0.3 is 0 Å². The summed E-state index contributed by atoms with van der Waals surface area (Å²) in [5, 5.41) is 3.44. The first-order valence-electron chi connectivity index (χ1n) is 9.36. The lowest BCUT2D eigenvalue weighted by atomic mass is 9.94. The SMILES string of the molecule is CCC(NCC(=O)N(CC)C1CCCCC1)c1ccc(OC)cc1. The fraction of sp³-hybridized carbons (Fsp3) is 0.650. The third-order valence-electron chi connectivity index (χ3n) is 5.10. The molecule has 4 nitrogen and oxygen atoms in total. The molecular formula is C20H32N2O2. The molecule has 1 atom stereocenters. The minimum absolute atomic E-state index is 0.199. The highest BCUT2D eigenvalue weighted by Gasteiger charge is 2.24. The molecule has 134 valence electrons. The number of nitrogens with one attached hydrogen (secondary N) is 1. The lowest BCUT2D eigenvalue weighted by Crippen LogP contribution is -2.45. The molecule has 0 radical (unpaired) electrons. The van der Waals surface area contributed by atoms with Gasteiger partial charge in [-0.25, -0.2) is 0 Å². The van der Waals surface area contributed by atoms with Crippen molar-refractivity contribution < 1.29 is 9.53 Å². The molecule has 24 heavy (non-hydrogen) atoms. The zero-order valence-corrected chi connectivity index (χ0v) is 15.4. The van der Waals surface area contributed by atoms with Crippen molar-refractivity contribution in [3.63, 3.8) is 0 Å². The Labute approximate surface area is 146 Å². The average Bonchev–Trinajstić information content (AvgIpc) is 2.64. The molecule has 1 aliphatic rings. The van der Waals surface area contributed by atoms with Gasteiger partial charge in [0.25, 0.3) is 0 Å². The Bertz CT molecular complexity index is 495. The van der Waals surface area contributed by atoms with Crippen molar-refractivity contribution >= 4 is 5.91 Å². The van der Waals surface area contributed by atoms with Crippen LogP contribution in [0.3, 0.4) is 0 Å². The molecule has 4 heteroatoms. The Morgan fingerprint density at radius 1 is 1.21 bits per heavy atom. The third-order valence-corrected chi connectivity index (χ3v) is 5.10. The monoisotopic (exact) mass is 332 g/mol. The molecule has 1 amide bonds. The minimum atomic E-state index is 0.199. The second kappa shape index (κ2) is 9.67. The maximum Gasteiger partial charge on any atom is 0.236 e. The normalized spacial score (nSPS) is 16.6. The summed E-state index contributed by atoms with van der Waals surface area (Å²) in [5.41, 5.74) is 1.20. The van der Waals surface area contributed by atoms with Crippen molar-refractivity contribution in [2.45, 2.75) is 64.5 Å². The van der Waals surface area contributed by atoms with Gasteiger partial charge < -0.3 is 15.0 Å². The number of hydrogen-bond acceptors (Lipinski definition) is 3. The van der Waals surface area contributed by atoms with Crippen molar-refractivity contribution in [3.8, 4) is 5.75 Å². The van der Waals surface area contributed by atoms with E-state index in [1.54, 1.807) is 7.11 Å². The average molecular weight is 332 g/mol. The standard InChI is InChI=1S/C20H32N2O2/c1-4-19(16-11-13-18(24-3)14-12-16)21-15-20(23)22(5-2)17-9-7-6-8-10-17/h11-14,17,19,21H,4-10,15H2,1-3H3. The van der Waals surface area contributed by atoms with Crippen LogP contribution in [-0.2, 0) is 4.79 Å². The molecule has 0 aliphatic heterocycles. The summed E-state index contributed by atoms with van der Waals surface area (Å²) in [7, 11) is 1.67. The largest absolute Gasteiger partial charge is 0.497 e. The van der Waals surface area contributed by atoms with E-state index in [9.17, 15) is 4.79 Å². The van der Waals surface area contributed by atoms with E-state index < -0.39 is 0 Å². The highest BCUT2D eigenvalue weighted by Crippen LogP contribution is 2.23. The Hall–Kier alpha value is -1.55. The molecule has 1 aromatic carbocycles. The summed E-state index contributed by atoms with van der Waals surface area (Å²) in [5.74, 6) is 1.09. The molecule has 1 saturated carbocycles. The van der Waals surface area contributed by atoms with Crippen LogP contribution < -0.4 is 10.1 Å². The number of ether oxygens (including phenoxy) is 1. The molecule has 0 heterocycles. The van der Waals surface area contributed by atoms with Gasteiger partial charge in [-0.1, -0.05) is 38.3 Å². The number of methoxy groups -OCH3 is 1. The quantitative estimate of drug-likeness (QED) is 0.784. The first kappa shape index (κ1) is 18.8. The van der Waals surface area contributed by atoms with Crippen LogP contribution in [-0.4, -0.2) is 37.0 Å². The number of carbonyl (C=O) groups excluding carboxylic acids is 1. The predicted octanol–water partition coefficient (Wildman–Crippen LogP) is 3.92. The highest BCUT2D eigenvalue weighted by atomic mass is 16.5. The summed E-state index contributed by atoms with van der Waals surface area (Å²) >= 11 is 0. The molecular weight excluding hydrogens is 300 g/mol. The zero-order valence-electron chi connectivity index (χ0n) is 15.4. The van der Waals surface area contributed by atoms with E-state index in [0.29, 0.717) is 12.6 Å². The summed E-state index contributed by atoms with van der Waals surface area (Å²) in [6.07, 6.45) is 7.10. The third kappa shape index (κ3) is 4.97. The van der Waals surface area contributed by atoms with Gasteiger partial charge in [0.15, 0.2) is 0 Å². The topological polar surface area (TPSA) is 41.6 Å². The van der Waals surface area contributed by atoms with E-state index >= 15 is 0 Å². The molecule has 0 aromatic heterocycles. The molecule has 1 aliphatic carbocycles. The molecule has 1 N–H and O–H groups in total. The van der Waals surface area contributed by atoms with Crippen LogP contribution >= 0.6 is 0 Å². The maximum atomic E-state index is 12.7. The van der Waals surface area contributed by atoms with E-state index in [-0.39, 0.29) is 11.9 Å². The van der Waals surface area contributed by atoms with Crippen molar-refractivity contribution in [2.24, 2.45) is 0 Å². The second-order valence-electron chi connectivity index (χ2n) is 6.59. The Balaban J connectivity index is 1.91. The van der Waals surface area contributed by atoms with Gasteiger partial charge in [0.2, 0.25) is 5.91 Å². The van der Waals surface area contributed by atoms with Gasteiger partial charge in [0.1, 0.15) is 5.75 Å². The zero-order chi connectivity index (χ0) is 17.4. The van der Waals surface area contributed by atoms with Crippen LogP contribution in [0.2, 0.25) is 0 Å². The van der Waals surface area contributed by atoms with E-state index in [1.807, 2.05) is 12.1 Å². The van der Waals surface area contributed by atoms with Crippen molar-refractivity contribution in [3.05, 3.63) is 29.8 Å². The van der Waals surface area contributed by atoms with E-state index in [4.69, 9.17) is 4.74 Å². The predicted molar refractivity (Wildman–Crippen MR) is 98.3 cm³/mol. The minimum Gasteiger partial charge on any atom is -0.497 e. The summed E-state index contributed by atoms with van der Waals surface area (Å²) in [6.45, 7) is 5.46. The second-order valence-corrected chi connectivity index (χ2v) is 6.59. The highest BCUT2D eigenvalue weighted by molar-refractivity contribution is 5.78. The number of rotatable bonds is 8. The number of hydrogen-bond donors (Lipinski definition) is 1. The molecule has 2 rings (SSSR count). The number of carbonyl (C=O) groups is 1. The van der Waals surface area contributed by atoms with Crippen molar-refractivity contribution in [1.82, 2.24) is 10.2 Å². The van der Waals surface area contributed by atoms with E-state index in [1.165, 1.54) is 24.8 Å². The van der Waals surface area contributed by atoms with Gasteiger partial charge in [-0.05, 0) is 43.9 Å². The number of likely N-dealkylation sites (N-methyl/N-ethyl adjacent to an activating group) is 1. The Morgan fingerprint density at radius 2 is 1.88 bits per heavy atom. The smallest absolute Gasteiger partial charge is 0.236 e. The van der Waals surface area contributed by atoms with Gasteiger partial charge in [-0.15, -0.1) is 0 Å². The number of nitrogens with zero attached hydrogens (tertiary/aromatic N) is 1. The van der Waals surface area contributed by atoms with Gasteiger partial charge in [0.05, 0.1) is 13.7 Å². The maximum absolute atomic E-state index is 12.7. The fourth-order valence-corrected chi connectivity index (χ4v) is 3.68. The van der Waals surface area contributed by atoms with Crippen LogP contribution in [0.15, 0.2) is 24.3 Å². The van der Waals surface area contributed by atoms with Crippen LogP contribution in [0, 0.1) is 0 Å². The molecule has 0 bridgehead atoms. The van der Waals surface area contributed by atoms with Crippen LogP contribution in [0.25, 0.3) is 0 Å². The van der Waals surface area contributed by atoms with E-state index in [0.717, 1.165) is 31.6 Å². The van der Waals surface area contributed by atoms with Crippen LogP contribution in [0.5, 0.6) is 5.75 Å². The Morgan fingerprint density at radius 3 is 2.42 bits per heavy atom. The number of benzene rings is 1. The first-order chi connectivity index (χ1) is 11.7. The molecule has 0 saturated heterocycles. The number of amides is 1. The molecule has 0 spiro atoms. The summed E-state index contributed by atoms with van der Waals surface area (Å²) < 4.78 is 5.21. The Kier molecular flexibility index (Phi) is 7.57. The molecule has 1 unspecified atom stereocenters. The van der Waals surface area contributed by atoms with Crippen LogP contribution in [0.4, 0.5) is 0 Å². The lowest BCUT2D eigenvalue weighted by molar-refractivity contribution is -0.133. The van der Waals surface area contributed by atoms with Gasteiger partial charge in [-0.2, -0.15) is 0 Å². The van der Waals surface area contributed by atoms with Gasteiger partial charge in [0, 0.05) is 18.6 Å². The fourth-order valence-electron chi connectivity index (χ4n) is 3.68. The summed E-state index contributed by atoms with van der Waals surface area (Å²) in [6, 6.07) is 8.74. The van der Waals surface area contributed by atoms with E-state index in [2.05, 4.69) is 36.2 Å². The van der Waals surface area contributed by atoms with Crippen molar-refractivity contribution in [2.75, 3.05) is 20.2 Å². The van der Waals surface area contributed by atoms with Gasteiger partial charge in [-0.3, -0.25) is 4.79 Å².